The van der Waals surface area contributed by atoms with E-state index in [1.165, 1.54) is 24.0 Å². The van der Waals surface area contributed by atoms with Crippen LogP contribution in [0, 0.1) is 18.8 Å². The van der Waals surface area contributed by atoms with E-state index in [1.54, 1.807) is 26.0 Å². The second-order valence-corrected chi connectivity index (χ2v) is 7.76. The third-order valence-corrected chi connectivity index (χ3v) is 6.23. The van der Waals surface area contributed by atoms with Crippen molar-refractivity contribution in [3.05, 3.63) is 23.7 Å². The zero-order valence-electron chi connectivity index (χ0n) is 16.3. The predicted molar refractivity (Wildman–Crippen MR) is 94.7 cm³/mol. The van der Waals surface area contributed by atoms with E-state index < -0.39 is 35.2 Å². The maximum atomic E-state index is 13.4. The molecule has 1 aromatic rings. The van der Waals surface area contributed by atoms with E-state index in [0.717, 1.165) is 4.90 Å². The Morgan fingerprint density at radius 3 is 2.54 bits per heavy atom. The number of hydrogen-bond acceptors (Lipinski definition) is 6. The summed E-state index contributed by atoms with van der Waals surface area (Å²) in [6, 6.07) is 2.66. The average Bonchev–Trinajstić information content (AvgIpc) is 3.27. The molecular weight excluding hydrogens is 366 g/mol. The van der Waals surface area contributed by atoms with Crippen LogP contribution in [0.2, 0.25) is 0 Å². The minimum atomic E-state index is -1.45. The Balaban J connectivity index is 1.86. The average molecular weight is 389 g/mol. The van der Waals surface area contributed by atoms with Crippen LogP contribution in [0.25, 0.3) is 0 Å². The normalized spacial score (nSPS) is 32.4. The summed E-state index contributed by atoms with van der Waals surface area (Å²) in [7, 11) is 2.93. The van der Waals surface area contributed by atoms with Gasteiger partial charge in [0.1, 0.15) is 23.1 Å². The molecule has 0 bridgehead atoms. The molecule has 150 valence electrons. The van der Waals surface area contributed by atoms with Crippen molar-refractivity contribution in [3.63, 3.8) is 0 Å². The van der Waals surface area contributed by atoms with Crippen LogP contribution in [0.1, 0.15) is 24.5 Å². The van der Waals surface area contributed by atoms with Gasteiger partial charge in [0.15, 0.2) is 0 Å². The molecule has 28 heavy (non-hydrogen) atoms. The van der Waals surface area contributed by atoms with E-state index in [1.807, 2.05) is 0 Å². The lowest BCUT2D eigenvalue weighted by molar-refractivity contribution is -0.168. The second-order valence-electron chi connectivity index (χ2n) is 7.76. The molecule has 3 aliphatic rings. The Labute approximate surface area is 162 Å². The molecule has 1 aromatic heterocycles. The summed E-state index contributed by atoms with van der Waals surface area (Å²) in [4.78, 5) is 56.3. The standard InChI is InChI=1S/C19H23N3O6/c1-10-5-6-11(28-10)15-13-14(17(25)20(3)16(13)24)19(2)18(26)21(7-8-27-4)9-12(23)22(15)19/h5-6,13-15H,7-9H2,1-4H3/t13-,14-,15-,19-/m1/s1. The maximum Gasteiger partial charge on any atom is 0.249 e. The van der Waals surface area contributed by atoms with Crippen LogP contribution in [0.15, 0.2) is 16.5 Å². The molecule has 9 heteroatoms. The number of carbonyl (C=O) groups is 4. The molecule has 4 rings (SSSR count). The summed E-state index contributed by atoms with van der Waals surface area (Å²) in [6.45, 7) is 3.75. The number of nitrogens with zero attached hydrogens (tertiary/aromatic N) is 3. The number of aryl methyl sites for hydroxylation is 1. The molecule has 0 aliphatic carbocycles. The zero-order chi connectivity index (χ0) is 20.4. The van der Waals surface area contributed by atoms with Crippen molar-refractivity contribution in [2.75, 3.05) is 33.9 Å². The van der Waals surface area contributed by atoms with E-state index in [-0.39, 0.29) is 31.5 Å². The number of amides is 4. The predicted octanol–water partition coefficient (Wildman–Crippen LogP) is -0.0504. The molecule has 4 amide bonds. The first-order valence-electron chi connectivity index (χ1n) is 9.21. The molecular formula is C19H23N3O6. The van der Waals surface area contributed by atoms with Crippen LogP contribution < -0.4 is 0 Å². The number of imide groups is 1. The Hall–Kier alpha value is -2.68. The van der Waals surface area contributed by atoms with Gasteiger partial charge in [0.2, 0.25) is 23.6 Å². The first kappa shape index (κ1) is 18.7. The smallest absolute Gasteiger partial charge is 0.249 e. The van der Waals surface area contributed by atoms with Gasteiger partial charge in [0, 0.05) is 20.7 Å². The molecule has 0 radical (unpaired) electrons. The van der Waals surface area contributed by atoms with E-state index in [2.05, 4.69) is 0 Å². The lowest BCUT2D eigenvalue weighted by Gasteiger charge is -2.46. The number of likely N-dealkylation sites (tertiary alicyclic amines) is 1. The fourth-order valence-corrected chi connectivity index (χ4v) is 4.92. The number of piperazine rings is 1. The van der Waals surface area contributed by atoms with Crippen LogP contribution in [0.4, 0.5) is 0 Å². The highest BCUT2D eigenvalue weighted by atomic mass is 16.5. The van der Waals surface area contributed by atoms with Crippen LogP contribution >= 0.6 is 0 Å². The summed E-state index contributed by atoms with van der Waals surface area (Å²) >= 11 is 0. The van der Waals surface area contributed by atoms with Gasteiger partial charge in [-0.3, -0.25) is 24.1 Å². The highest BCUT2D eigenvalue weighted by Crippen LogP contribution is 2.56. The highest BCUT2D eigenvalue weighted by Gasteiger charge is 2.73. The molecule has 0 aromatic carbocycles. The van der Waals surface area contributed by atoms with E-state index in [0.29, 0.717) is 11.5 Å². The molecule has 0 spiro atoms. The first-order valence-corrected chi connectivity index (χ1v) is 9.21. The van der Waals surface area contributed by atoms with Gasteiger partial charge in [-0.1, -0.05) is 0 Å². The summed E-state index contributed by atoms with van der Waals surface area (Å²) in [6.07, 6.45) is 0. The third kappa shape index (κ3) is 2.22. The molecule has 0 unspecified atom stereocenters. The maximum absolute atomic E-state index is 13.4. The number of hydrogen-bond donors (Lipinski definition) is 0. The molecule has 3 fully saturated rings. The van der Waals surface area contributed by atoms with Crippen molar-refractivity contribution in [3.8, 4) is 0 Å². The molecule has 3 aliphatic heterocycles. The van der Waals surface area contributed by atoms with E-state index in [4.69, 9.17) is 9.15 Å². The van der Waals surface area contributed by atoms with E-state index in [9.17, 15) is 19.2 Å². The van der Waals surface area contributed by atoms with Crippen LogP contribution in [-0.4, -0.2) is 77.7 Å². The van der Waals surface area contributed by atoms with Crippen molar-refractivity contribution in [2.45, 2.75) is 25.4 Å². The molecule has 0 N–H and O–H groups in total. The molecule has 4 heterocycles. The van der Waals surface area contributed by atoms with Gasteiger partial charge in [0.05, 0.1) is 25.0 Å². The van der Waals surface area contributed by atoms with Gasteiger partial charge < -0.3 is 19.0 Å². The SMILES string of the molecule is COCCN1CC(=O)N2[C@H](c3ccc(C)o3)[C@@H]3C(=O)N(C)C(=O)[C@@H]3[C@]2(C)C1=O. The van der Waals surface area contributed by atoms with Crippen LogP contribution in [-0.2, 0) is 23.9 Å². The quantitative estimate of drug-likeness (QED) is 0.670. The van der Waals surface area contributed by atoms with Crippen molar-refractivity contribution < 1.29 is 28.3 Å². The summed E-state index contributed by atoms with van der Waals surface area (Å²) < 4.78 is 10.8. The van der Waals surface area contributed by atoms with Crippen molar-refractivity contribution >= 4 is 23.6 Å². The number of carbonyl (C=O) groups excluding carboxylic acids is 4. The number of furan rings is 1. The van der Waals surface area contributed by atoms with Crippen molar-refractivity contribution in [1.29, 1.82) is 0 Å². The number of ether oxygens (including phenoxy) is 1. The fourth-order valence-electron chi connectivity index (χ4n) is 4.92. The number of methoxy groups -OCH3 is 1. The summed E-state index contributed by atoms with van der Waals surface area (Å²) in [5, 5.41) is 0. The Kier molecular flexibility index (Phi) is 4.11. The van der Waals surface area contributed by atoms with Gasteiger partial charge in [0.25, 0.3) is 0 Å². The fraction of sp³-hybridized carbons (Fsp3) is 0.579. The largest absolute Gasteiger partial charge is 0.464 e. The molecule has 3 saturated heterocycles. The third-order valence-electron chi connectivity index (χ3n) is 6.23. The number of rotatable bonds is 4. The van der Waals surface area contributed by atoms with Crippen molar-refractivity contribution in [2.24, 2.45) is 11.8 Å². The van der Waals surface area contributed by atoms with E-state index >= 15 is 0 Å². The van der Waals surface area contributed by atoms with Gasteiger partial charge in [-0.2, -0.15) is 0 Å². The molecule has 0 saturated carbocycles. The summed E-state index contributed by atoms with van der Waals surface area (Å²) in [5.74, 6) is -2.24. The Bertz CT molecular complexity index is 879. The lowest BCUT2D eigenvalue weighted by atomic mass is 9.79. The van der Waals surface area contributed by atoms with Gasteiger partial charge in [-0.15, -0.1) is 0 Å². The van der Waals surface area contributed by atoms with Gasteiger partial charge in [-0.25, -0.2) is 0 Å². The van der Waals surface area contributed by atoms with Crippen LogP contribution in [0.5, 0.6) is 0 Å². The molecule has 4 atom stereocenters. The minimum absolute atomic E-state index is 0.119. The highest BCUT2D eigenvalue weighted by molar-refractivity contribution is 6.12. The first-order chi connectivity index (χ1) is 13.2. The Morgan fingerprint density at radius 2 is 1.93 bits per heavy atom. The second kappa shape index (κ2) is 6.16. The van der Waals surface area contributed by atoms with Crippen molar-refractivity contribution in [1.82, 2.24) is 14.7 Å². The monoisotopic (exact) mass is 389 g/mol. The zero-order valence-corrected chi connectivity index (χ0v) is 16.3. The Morgan fingerprint density at radius 1 is 1.21 bits per heavy atom. The minimum Gasteiger partial charge on any atom is -0.464 e. The molecule has 9 nitrogen and oxygen atoms in total. The number of fused-ring (bicyclic) bond motifs is 3. The van der Waals surface area contributed by atoms with Crippen LogP contribution in [0.3, 0.4) is 0 Å². The summed E-state index contributed by atoms with van der Waals surface area (Å²) in [5.41, 5.74) is -1.45. The van der Waals surface area contributed by atoms with Gasteiger partial charge in [-0.05, 0) is 26.0 Å². The lowest BCUT2D eigenvalue weighted by Crippen LogP contribution is -2.68. The van der Waals surface area contributed by atoms with Gasteiger partial charge >= 0.3 is 0 Å². The topological polar surface area (TPSA) is 100 Å².